The second-order valence-electron chi connectivity index (χ2n) is 5.42. The third-order valence-corrected chi connectivity index (χ3v) is 4.01. The number of hydrogen-bond donors (Lipinski definition) is 2. The van der Waals surface area contributed by atoms with Crippen molar-refractivity contribution in [1.29, 1.82) is 0 Å². The van der Waals surface area contributed by atoms with E-state index < -0.39 is 5.97 Å². The second-order valence-corrected chi connectivity index (χ2v) is 5.42. The molecule has 2 N–H and O–H groups in total. The molecule has 2 heterocycles. The maximum atomic E-state index is 12.1. The SMILES string of the molecule is O=C(O)CC1CCN(C(=O)CC2CCCN2)CC1. The Kier molecular flexibility index (Phi) is 4.58. The molecule has 1 amide bonds. The number of rotatable bonds is 4. The van der Waals surface area contributed by atoms with Crippen molar-refractivity contribution in [3.8, 4) is 0 Å². The Morgan fingerprint density at radius 3 is 2.44 bits per heavy atom. The van der Waals surface area contributed by atoms with Gasteiger partial charge in [-0.05, 0) is 38.1 Å². The zero-order valence-electron chi connectivity index (χ0n) is 10.7. The molecule has 102 valence electrons. The fourth-order valence-corrected chi connectivity index (χ4v) is 2.90. The standard InChI is InChI=1S/C13H22N2O3/c16-12(9-11-2-1-5-14-11)15-6-3-10(4-7-15)8-13(17)18/h10-11,14H,1-9H2,(H,17,18). The molecule has 2 aliphatic rings. The van der Waals surface area contributed by atoms with E-state index in [4.69, 9.17) is 5.11 Å². The summed E-state index contributed by atoms with van der Waals surface area (Å²) in [7, 11) is 0. The lowest BCUT2D eigenvalue weighted by Gasteiger charge is -2.32. The minimum atomic E-state index is -0.727. The van der Waals surface area contributed by atoms with Gasteiger partial charge < -0.3 is 15.3 Å². The summed E-state index contributed by atoms with van der Waals surface area (Å²) in [6.07, 6.45) is 4.77. The van der Waals surface area contributed by atoms with Gasteiger partial charge in [-0.1, -0.05) is 0 Å². The number of carbonyl (C=O) groups is 2. The van der Waals surface area contributed by atoms with E-state index in [1.54, 1.807) is 0 Å². The van der Waals surface area contributed by atoms with E-state index in [0.717, 1.165) is 38.9 Å². The van der Waals surface area contributed by atoms with Gasteiger partial charge in [-0.25, -0.2) is 0 Å². The number of nitrogens with zero attached hydrogens (tertiary/aromatic N) is 1. The molecule has 18 heavy (non-hydrogen) atoms. The Bertz CT molecular complexity index is 305. The summed E-state index contributed by atoms with van der Waals surface area (Å²) in [6.45, 7) is 2.48. The molecule has 0 aromatic carbocycles. The van der Waals surface area contributed by atoms with Gasteiger partial charge in [0, 0.05) is 32.0 Å². The van der Waals surface area contributed by atoms with Gasteiger partial charge >= 0.3 is 5.97 Å². The number of carboxylic acid groups (broad SMARTS) is 1. The van der Waals surface area contributed by atoms with Crippen LogP contribution < -0.4 is 5.32 Å². The Labute approximate surface area is 108 Å². The van der Waals surface area contributed by atoms with Gasteiger partial charge in [0.15, 0.2) is 0 Å². The van der Waals surface area contributed by atoms with Crippen LogP contribution in [0.1, 0.15) is 38.5 Å². The summed E-state index contributed by atoms with van der Waals surface area (Å²) in [5.41, 5.74) is 0. The van der Waals surface area contributed by atoms with Crippen molar-refractivity contribution in [2.75, 3.05) is 19.6 Å². The Hall–Kier alpha value is -1.10. The highest BCUT2D eigenvalue weighted by Gasteiger charge is 2.26. The fourth-order valence-electron chi connectivity index (χ4n) is 2.90. The highest BCUT2D eigenvalue weighted by molar-refractivity contribution is 5.77. The predicted molar refractivity (Wildman–Crippen MR) is 67.2 cm³/mol. The van der Waals surface area contributed by atoms with Crippen LogP contribution in [-0.2, 0) is 9.59 Å². The van der Waals surface area contributed by atoms with Gasteiger partial charge in [-0.15, -0.1) is 0 Å². The lowest BCUT2D eigenvalue weighted by atomic mass is 9.93. The molecule has 0 bridgehead atoms. The molecular weight excluding hydrogens is 232 g/mol. The first kappa shape index (κ1) is 13.3. The van der Waals surface area contributed by atoms with Crippen LogP contribution in [0.5, 0.6) is 0 Å². The molecule has 0 spiro atoms. The Morgan fingerprint density at radius 1 is 1.17 bits per heavy atom. The Balaban J connectivity index is 1.71. The normalized spacial score (nSPS) is 25.3. The molecule has 0 saturated carbocycles. The van der Waals surface area contributed by atoms with Gasteiger partial charge in [-0.3, -0.25) is 9.59 Å². The molecule has 2 fully saturated rings. The molecule has 0 radical (unpaired) electrons. The molecule has 1 atom stereocenters. The highest BCUT2D eigenvalue weighted by Crippen LogP contribution is 2.21. The van der Waals surface area contributed by atoms with E-state index in [1.165, 1.54) is 6.42 Å². The van der Waals surface area contributed by atoms with Crippen LogP contribution in [0, 0.1) is 5.92 Å². The second kappa shape index (κ2) is 6.18. The molecule has 2 saturated heterocycles. The summed E-state index contributed by atoms with van der Waals surface area (Å²) >= 11 is 0. The minimum Gasteiger partial charge on any atom is -0.481 e. The number of carbonyl (C=O) groups excluding carboxylic acids is 1. The number of amides is 1. The van der Waals surface area contributed by atoms with Crippen molar-refractivity contribution in [2.24, 2.45) is 5.92 Å². The fraction of sp³-hybridized carbons (Fsp3) is 0.846. The van der Waals surface area contributed by atoms with Crippen molar-refractivity contribution in [1.82, 2.24) is 10.2 Å². The van der Waals surface area contributed by atoms with E-state index in [9.17, 15) is 9.59 Å². The first-order valence-electron chi connectivity index (χ1n) is 6.88. The maximum Gasteiger partial charge on any atom is 0.303 e. The van der Waals surface area contributed by atoms with Crippen LogP contribution >= 0.6 is 0 Å². The van der Waals surface area contributed by atoms with Crippen LogP contribution in [0.15, 0.2) is 0 Å². The lowest BCUT2D eigenvalue weighted by Crippen LogP contribution is -2.41. The molecule has 1 unspecified atom stereocenters. The number of aliphatic carboxylic acids is 1. The van der Waals surface area contributed by atoms with Crippen LogP contribution in [0.25, 0.3) is 0 Å². The van der Waals surface area contributed by atoms with Gasteiger partial charge in [0.05, 0.1) is 0 Å². The smallest absolute Gasteiger partial charge is 0.303 e. The van der Waals surface area contributed by atoms with Crippen molar-refractivity contribution in [2.45, 2.75) is 44.6 Å². The molecule has 2 aliphatic heterocycles. The third kappa shape index (κ3) is 3.70. The first-order chi connectivity index (χ1) is 8.65. The van der Waals surface area contributed by atoms with Crippen molar-refractivity contribution < 1.29 is 14.7 Å². The predicted octanol–water partition coefficient (Wildman–Crippen LogP) is 0.842. The van der Waals surface area contributed by atoms with Crippen LogP contribution in [0.3, 0.4) is 0 Å². The monoisotopic (exact) mass is 254 g/mol. The average molecular weight is 254 g/mol. The molecule has 0 aliphatic carbocycles. The van der Waals surface area contributed by atoms with Gasteiger partial charge in [-0.2, -0.15) is 0 Å². The van der Waals surface area contributed by atoms with Crippen molar-refractivity contribution >= 4 is 11.9 Å². The van der Waals surface area contributed by atoms with Crippen molar-refractivity contribution in [3.05, 3.63) is 0 Å². The third-order valence-electron chi connectivity index (χ3n) is 4.01. The summed E-state index contributed by atoms with van der Waals surface area (Å²) in [5, 5.41) is 12.1. The van der Waals surface area contributed by atoms with E-state index in [1.807, 2.05) is 4.90 Å². The molecular formula is C13H22N2O3. The van der Waals surface area contributed by atoms with Crippen LogP contribution in [-0.4, -0.2) is 47.6 Å². The van der Waals surface area contributed by atoms with Gasteiger partial charge in [0.1, 0.15) is 0 Å². The van der Waals surface area contributed by atoms with E-state index >= 15 is 0 Å². The Morgan fingerprint density at radius 2 is 1.89 bits per heavy atom. The lowest BCUT2D eigenvalue weighted by molar-refractivity contribution is -0.138. The first-order valence-corrected chi connectivity index (χ1v) is 6.88. The molecule has 5 heteroatoms. The number of piperidine rings is 1. The molecule has 5 nitrogen and oxygen atoms in total. The molecule has 2 rings (SSSR count). The van der Waals surface area contributed by atoms with Crippen LogP contribution in [0.2, 0.25) is 0 Å². The number of likely N-dealkylation sites (tertiary alicyclic amines) is 1. The zero-order chi connectivity index (χ0) is 13.0. The summed E-state index contributed by atoms with van der Waals surface area (Å²) in [6, 6.07) is 0.356. The zero-order valence-corrected chi connectivity index (χ0v) is 10.7. The maximum absolute atomic E-state index is 12.1. The van der Waals surface area contributed by atoms with Crippen molar-refractivity contribution in [3.63, 3.8) is 0 Å². The number of nitrogens with one attached hydrogen (secondary N) is 1. The summed E-state index contributed by atoms with van der Waals surface area (Å²) < 4.78 is 0. The number of carboxylic acids is 1. The molecule has 0 aromatic heterocycles. The topological polar surface area (TPSA) is 69.6 Å². The quantitative estimate of drug-likeness (QED) is 0.780. The van der Waals surface area contributed by atoms with Gasteiger partial charge in [0.25, 0.3) is 0 Å². The number of hydrogen-bond acceptors (Lipinski definition) is 3. The summed E-state index contributed by atoms with van der Waals surface area (Å²) in [4.78, 5) is 24.6. The van der Waals surface area contributed by atoms with E-state index in [0.29, 0.717) is 12.5 Å². The van der Waals surface area contributed by atoms with Gasteiger partial charge in [0.2, 0.25) is 5.91 Å². The van der Waals surface area contributed by atoms with E-state index in [-0.39, 0.29) is 18.2 Å². The van der Waals surface area contributed by atoms with E-state index in [2.05, 4.69) is 5.32 Å². The molecule has 0 aromatic rings. The minimum absolute atomic E-state index is 0.225. The summed E-state index contributed by atoms with van der Waals surface area (Å²) in [5.74, 6) is -0.255. The highest BCUT2D eigenvalue weighted by atomic mass is 16.4. The van der Waals surface area contributed by atoms with Crippen LogP contribution in [0.4, 0.5) is 0 Å². The average Bonchev–Trinajstić information content (AvgIpc) is 2.82. The largest absolute Gasteiger partial charge is 0.481 e.